The molecule has 0 heterocycles. The Bertz CT molecular complexity index is 549. The lowest BCUT2D eigenvalue weighted by Crippen LogP contribution is -2.31. The van der Waals surface area contributed by atoms with Crippen molar-refractivity contribution in [3.05, 3.63) is 35.4 Å². The fourth-order valence-corrected chi connectivity index (χ4v) is 3.76. The highest BCUT2D eigenvalue weighted by molar-refractivity contribution is 6.02. The minimum Gasteiger partial charge on any atom is -0.478 e. The summed E-state index contributed by atoms with van der Waals surface area (Å²) in [5, 5.41) is 9.12. The van der Waals surface area contributed by atoms with Gasteiger partial charge in [-0.2, -0.15) is 0 Å². The van der Waals surface area contributed by atoms with Gasteiger partial charge in [0.15, 0.2) is 0 Å². The molecule has 1 aromatic carbocycles. The third-order valence-corrected chi connectivity index (χ3v) is 4.86. The summed E-state index contributed by atoms with van der Waals surface area (Å²) in [7, 11) is 0. The van der Waals surface area contributed by atoms with Crippen molar-refractivity contribution in [1.82, 2.24) is 0 Å². The summed E-state index contributed by atoms with van der Waals surface area (Å²) in [6.45, 7) is 2.13. The van der Waals surface area contributed by atoms with E-state index < -0.39 is 11.9 Å². The van der Waals surface area contributed by atoms with Crippen molar-refractivity contribution in [2.24, 2.45) is 17.8 Å². The lowest BCUT2D eigenvalue weighted by molar-refractivity contribution is -0.000661. The molecule has 0 amide bonds. The second kappa shape index (κ2) is 4.93. The summed E-state index contributed by atoms with van der Waals surface area (Å²) in [4.78, 5) is 23.4. The van der Waals surface area contributed by atoms with Crippen molar-refractivity contribution in [1.29, 1.82) is 0 Å². The van der Waals surface area contributed by atoms with Crippen molar-refractivity contribution in [2.45, 2.75) is 32.3 Å². The van der Waals surface area contributed by atoms with Crippen LogP contribution in [0.1, 0.15) is 46.9 Å². The van der Waals surface area contributed by atoms with Crippen LogP contribution in [0.2, 0.25) is 0 Å². The number of benzene rings is 1. The molecule has 0 aliphatic heterocycles. The van der Waals surface area contributed by atoms with E-state index in [2.05, 4.69) is 6.92 Å². The van der Waals surface area contributed by atoms with Crippen LogP contribution >= 0.6 is 0 Å². The topological polar surface area (TPSA) is 63.6 Å². The molecule has 0 radical (unpaired) electrons. The highest BCUT2D eigenvalue weighted by atomic mass is 16.5. The normalized spacial score (nSPS) is 31.2. The first-order valence-electron chi connectivity index (χ1n) is 7.11. The summed E-state index contributed by atoms with van der Waals surface area (Å²) in [5.41, 5.74) is 0.156. The molecule has 106 valence electrons. The van der Waals surface area contributed by atoms with E-state index in [1.54, 1.807) is 12.1 Å². The van der Waals surface area contributed by atoms with E-state index in [1.165, 1.54) is 18.6 Å². The van der Waals surface area contributed by atoms with Crippen LogP contribution in [0.25, 0.3) is 0 Å². The number of carbonyl (C=O) groups is 2. The average Bonchev–Trinajstić information content (AvgIpc) is 3.02. The molecule has 0 spiro atoms. The van der Waals surface area contributed by atoms with E-state index in [0.717, 1.165) is 12.8 Å². The van der Waals surface area contributed by atoms with Gasteiger partial charge in [-0.05, 0) is 49.1 Å². The number of carboxylic acid groups (broad SMARTS) is 1. The zero-order valence-corrected chi connectivity index (χ0v) is 11.4. The Hall–Kier alpha value is -1.84. The summed E-state index contributed by atoms with van der Waals surface area (Å²) in [6.07, 6.45) is 3.43. The SMILES string of the molecule is C[C@H]1[C@@H]2CC[C@@H](C2)[C@@H]1OC(=O)c1ccccc1C(=O)O. The fourth-order valence-electron chi connectivity index (χ4n) is 3.76. The van der Waals surface area contributed by atoms with Gasteiger partial charge in [0.1, 0.15) is 6.10 Å². The van der Waals surface area contributed by atoms with Crippen molar-refractivity contribution in [3.63, 3.8) is 0 Å². The van der Waals surface area contributed by atoms with Crippen LogP contribution in [0.4, 0.5) is 0 Å². The zero-order chi connectivity index (χ0) is 14.3. The maximum Gasteiger partial charge on any atom is 0.339 e. The molecule has 2 fully saturated rings. The Labute approximate surface area is 117 Å². The van der Waals surface area contributed by atoms with Gasteiger partial charge in [-0.1, -0.05) is 19.1 Å². The van der Waals surface area contributed by atoms with Gasteiger partial charge in [0.2, 0.25) is 0 Å². The molecule has 0 unspecified atom stereocenters. The van der Waals surface area contributed by atoms with Gasteiger partial charge in [0.05, 0.1) is 11.1 Å². The van der Waals surface area contributed by atoms with E-state index in [4.69, 9.17) is 9.84 Å². The number of carbonyl (C=O) groups excluding carboxylic acids is 1. The largest absolute Gasteiger partial charge is 0.478 e. The number of ether oxygens (including phenoxy) is 1. The smallest absolute Gasteiger partial charge is 0.339 e. The van der Waals surface area contributed by atoms with Gasteiger partial charge < -0.3 is 9.84 Å². The van der Waals surface area contributed by atoms with Crippen LogP contribution in [0, 0.1) is 17.8 Å². The Morgan fingerprint density at radius 3 is 2.40 bits per heavy atom. The van der Waals surface area contributed by atoms with Crippen LogP contribution in [0.5, 0.6) is 0 Å². The van der Waals surface area contributed by atoms with Crippen molar-refractivity contribution in [3.8, 4) is 0 Å². The minimum absolute atomic E-state index is 0.00769. The van der Waals surface area contributed by atoms with Gasteiger partial charge in [0, 0.05) is 0 Å². The highest BCUT2D eigenvalue weighted by Gasteiger charge is 2.47. The van der Waals surface area contributed by atoms with Gasteiger partial charge in [-0.25, -0.2) is 9.59 Å². The molecule has 4 heteroatoms. The predicted molar refractivity (Wildman–Crippen MR) is 72.6 cm³/mol. The van der Waals surface area contributed by atoms with Crippen molar-refractivity contribution < 1.29 is 19.4 Å². The maximum atomic E-state index is 12.3. The van der Waals surface area contributed by atoms with E-state index >= 15 is 0 Å². The summed E-state index contributed by atoms with van der Waals surface area (Å²) in [6, 6.07) is 6.22. The summed E-state index contributed by atoms with van der Waals surface area (Å²) in [5.74, 6) is -0.107. The van der Waals surface area contributed by atoms with Crippen molar-refractivity contribution in [2.75, 3.05) is 0 Å². The number of hydrogen-bond acceptors (Lipinski definition) is 3. The first kappa shape index (κ1) is 13.2. The lowest BCUT2D eigenvalue weighted by Gasteiger charge is -2.28. The van der Waals surface area contributed by atoms with Crippen LogP contribution in [0.15, 0.2) is 24.3 Å². The van der Waals surface area contributed by atoms with E-state index in [9.17, 15) is 9.59 Å². The van der Waals surface area contributed by atoms with Gasteiger partial charge in [0.25, 0.3) is 0 Å². The minimum atomic E-state index is -1.10. The van der Waals surface area contributed by atoms with Gasteiger partial charge in [-0.15, -0.1) is 0 Å². The molecule has 1 N–H and O–H groups in total. The number of rotatable bonds is 3. The van der Waals surface area contributed by atoms with E-state index in [1.807, 2.05) is 0 Å². The molecule has 2 aliphatic rings. The molecule has 0 aromatic heterocycles. The summed E-state index contributed by atoms with van der Waals surface area (Å²) >= 11 is 0. The monoisotopic (exact) mass is 274 g/mol. The molecule has 1 aromatic rings. The lowest BCUT2D eigenvalue weighted by atomic mass is 9.88. The van der Waals surface area contributed by atoms with Gasteiger partial charge in [-0.3, -0.25) is 0 Å². The molecule has 20 heavy (non-hydrogen) atoms. The number of esters is 1. The van der Waals surface area contributed by atoms with Crippen molar-refractivity contribution >= 4 is 11.9 Å². The van der Waals surface area contributed by atoms with Crippen LogP contribution in [-0.4, -0.2) is 23.1 Å². The second-order valence-corrected chi connectivity index (χ2v) is 5.91. The Morgan fingerprint density at radius 2 is 1.80 bits per heavy atom. The Balaban J connectivity index is 1.79. The highest BCUT2D eigenvalue weighted by Crippen LogP contribution is 2.49. The third kappa shape index (κ3) is 2.09. The molecule has 4 nitrogen and oxygen atoms in total. The second-order valence-electron chi connectivity index (χ2n) is 5.91. The quantitative estimate of drug-likeness (QED) is 0.861. The van der Waals surface area contributed by atoms with Gasteiger partial charge >= 0.3 is 11.9 Å². The Kier molecular flexibility index (Phi) is 3.24. The first-order chi connectivity index (χ1) is 9.58. The number of hydrogen-bond donors (Lipinski definition) is 1. The zero-order valence-electron chi connectivity index (χ0n) is 11.4. The van der Waals surface area contributed by atoms with Crippen LogP contribution < -0.4 is 0 Å². The van der Waals surface area contributed by atoms with E-state index in [-0.39, 0.29) is 17.2 Å². The molecular weight excluding hydrogens is 256 g/mol. The average molecular weight is 274 g/mol. The molecular formula is C16H18O4. The predicted octanol–water partition coefficient (Wildman–Crippen LogP) is 2.98. The molecule has 0 saturated heterocycles. The third-order valence-electron chi connectivity index (χ3n) is 4.86. The molecule has 2 bridgehead atoms. The molecule has 2 aliphatic carbocycles. The fraction of sp³-hybridized carbons (Fsp3) is 0.500. The first-order valence-corrected chi connectivity index (χ1v) is 7.11. The standard InChI is InChI=1S/C16H18O4/c1-9-10-6-7-11(8-10)14(9)20-16(19)13-5-3-2-4-12(13)15(17)18/h2-5,9-11,14H,6-8H2,1H3,(H,17,18)/t9-,10+,11-,14+/m0/s1. The molecule has 4 atom stereocenters. The van der Waals surface area contributed by atoms with Crippen LogP contribution in [-0.2, 0) is 4.74 Å². The molecule has 3 rings (SSSR count). The number of fused-ring (bicyclic) bond motifs is 2. The summed E-state index contributed by atoms with van der Waals surface area (Å²) < 4.78 is 5.63. The number of aromatic carboxylic acids is 1. The molecule has 2 saturated carbocycles. The maximum absolute atomic E-state index is 12.3. The van der Waals surface area contributed by atoms with E-state index in [0.29, 0.717) is 17.8 Å². The van der Waals surface area contributed by atoms with Crippen LogP contribution in [0.3, 0.4) is 0 Å². The Morgan fingerprint density at radius 1 is 1.15 bits per heavy atom. The number of carboxylic acids is 1.